The third-order valence-corrected chi connectivity index (χ3v) is 6.33. The van der Waals surface area contributed by atoms with Crippen LogP contribution in [0.4, 0.5) is 5.69 Å². The van der Waals surface area contributed by atoms with E-state index in [-0.39, 0.29) is 18.6 Å². The Labute approximate surface area is 177 Å². The molecule has 30 heavy (non-hydrogen) atoms. The first-order chi connectivity index (χ1) is 14.6. The fourth-order valence-corrected chi connectivity index (χ4v) is 4.87. The summed E-state index contributed by atoms with van der Waals surface area (Å²) in [6.45, 7) is 2.46. The number of thiophene rings is 1. The Morgan fingerprint density at radius 2 is 2.13 bits per heavy atom. The molecular weight excluding hydrogens is 396 g/mol. The van der Waals surface area contributed by atoms with Gasteiger partial charge in [-0.15, -0.1) is 17.8 Å². The van der Waals surface area contributed by atoms with E-state index in [4.69, 9.17) is 11.4 Å². The van der Waals surface area contributed by atoms with Gasteiger partial charge in [0, 0.05) is 33.6 Å². The summed E-state index contributed by atoms with van der Waals surface area (Å²) in [5, 5.41) is 17.9. The van der Waals surface area contributed by atoms with Crippen LogP contribution in [0.3, 0.4) is 0 Å². The molecule has 0 bridgehead atoms. The van der Waals surface area contributed by atoms with Gasteiger partial charge in [0.1, 0.15) is 10.6 Å². The average Bonchev–Trinajstić information content (AvgIpc) is 3.09. The third kappa shape index (κ3) is 2.98. The molecule has 1 aliphatic heterocycles. The van der Waals surface area contributed by atoms with Gasteiger partial charge < -0.3 is 15.7 Å². The molecule has 1 aliphatic rings. The van der Waals surface area contributed by atoms with Crippen LogP contribution in [0.5, 0.6) is 0 Å². The highest BCUT2D eigenvalue weighted by molar-refractivity contribution is 7.21. The lowest BCUT2D eigenvalue weighted by atomic mass is 10.1. The second kappa shape index (κ2) is 7.10. The van der Waals surface area contributed by atoms with Crippen molar-refractivity contribution in [1.29, 1.82) is 0 Å². The summed E-state index contributed by atoms with van der Waals surface area (Å²) in [4.78, 5) is 22.3. The van der Waals surface area contributed by atoms with Crippen LogP contribution in [-0.2, 0) is 6.61 Å². The van der Waals surface area contributed by atoms with E-state index in [0.717, 1.165) is 37.9 Å². The predicted octanol–water partition coefficient (Wildman–Crippen LogP) is 3.53. The predicted molar refractivity (Wildman–Crippen MR) is 120 cm³/mol. The van der Waals surface area contributed by atoms with Gasteiger partial charge in [0.2, 0.25) is 0 Å². The van der Waals surface area contributed by atoms with Crippen molar-refractivity contribution >= 4 is 43.9 Å². The molecule has 0 saturated carbocycles. The lowest BCUT2D eigenvalue weighted by Gasteiger charge is -2.10. The lowest BCUT2D eigenvalue weighted by molar-refractivity contribution is 0.0949. The van der Waals surface area contributed by atoms with Crippen LogP contribution < -0.4 is 10.6 Å². The normalized spacial score (nSPS) is 15.9. The van der Waals surface area contributed by atoms with E-state index >= 15 is 0 Å². The number of fused-ring (bicyclic) bond motifs is 5. The Balaban J connectivity index is 1.70. The zero-order valence-electron chi connectivity index (χ0n) is 16.2. The van der Waals surface area contributed by atoms with Crippen LogP contribution in [0, 0.1) is 12.3 Å². The molecule has 3 aromatic heterocycles. The van der Waals surface area contributed by atoms with Crippen molar-refractivity contribution in [2.45, 2.75) is 19.6 Å². The zero-order valence-corrected chi connectivity index (χ0v) is 17.0. The van der Waals surface area contributed by atoms with Gasteiger partial charge in [0.05, 0.1) is 29.2 Å². The first kappa shape index (κ1) is 18.6. The summed E-state index contributed by atoms with van der Waals surface area (Å²) >= 11 is 1.49. The number of carbonyl (C=O) groups is 1. The highest BCUT2D eigenvalue weighted by Crippen LogP contribution is 2.41. The Hall–Kier alpha value is -3.47. The number of pyridine rings is 2. The Morgan fingerprint density at radius 1 is 1.27 bits per heavy atom. The number of anilines is 1. The number of aliphatic hydroxyl groups is 1. The average molecular weight is 414 g/mol. The maximum Gasteiger partial charge on any atom is 0.263 e. The summed E-state index contributed by atoms with van der Waals surface area (Å²) in [5.41, 5.74) is 4.21. The van der Waals surface area contributed by atoms with Crippen LogP contribution in [0.1, 0.15) is 28.0 Å². The summed E-state index contributed by atoms with van der Waals surface area (Å²) in [7, 11) is 0. The molecule has 0 unspecified atom stereocenters. The molecule has 1 amide bonds. The van der Waals surface area contributed by atoms with Gasteiger partial charge in [0.25, 0.3) is 5.91 Å². The third-order valence-electron chi connectivity index (χ3n) is 5.17. The number of hydrogen-bond acceptors (Lipinski definition) is 6. The quantitative estimate of drug-likeness (QED) is 0.437. The number of nitrogens with one attached hydrogen (secondary N) is 2. The summed E-state index contributed by atoms with van der Waals surface area (Å²) < 4.78 is 1.04. The maximum absolute atomic E-state index is 12.6. The first-order valence-electron chi connectivity index (χ1n) is 9.57. The van der Waals surface area contributed by atoms with Crippen molar-refractivity contribution < 1.29 is 9.90 Å². The van der Waals surface area contributed by atoms with Crippen LogP contribution in [0.25, 0.3) is 32.2 Å². The van der Waals surface area contributed by atoms with Gasteiger partial charge in [0.15, 0.2) is 0 Å². The minimum atomic E-state index is -0.191. The minimum Gasteiger partial charge on any atom is -0.390 e. The van der Waals surface area contributed by atoms with Gasteiger partial charge in [-0.1, -0.05) is 5.92 Å². The molecule has 3 N–H and O–H groups in total. The largest absolute Gasteiger partial charge is 0.390 e. The van der Waals surface area contributed by atoms with Crippen LogP contribution in [0.2, 0.25) is 0 Å². The van der Waals surface area contributed by atoms with E-state index in [1.165, 1.54) is 11.3 Å². The van der Waals surface area contributed by atoms with Crippen molar-refractivity contribution in [1.82, 2.24) is 15.3 Å². The van der Waals surface area contributed by atoms with Crippen molar-refractivity contribution in [2.24, 2.45) is 0 Å². The fourth-order valence-electron chi connectivity index (χ4n) is 3.78. The standard InChI is InChI=1S/C23H18N4O2S/c1-3-14-8-13(9-15(11-28)26-14)17-5-4-16-18(27-17)6-7-19-20(16)21-22(30-19)23(29)25-12(2)10-24-21/h1,4-9,12,24,28H,10-11H2,2H3,(H,25,29)/t12-/m1/s1. The number of nitrogens with zero attached hydrogens (tertiary/aromatic N) is 2. The summed E-state index contributed by atoms with van der Waals surface area (Å²) in [6, 6.07) is 11.6. The maximum atomic E-state index is 12.6. The number of aromatic nitrogens is 2. The van der Waals surface area contributed by atoms with Gasteiger partial charge >= 0.3 is 0 Å². The van der Waals surface area contributed by atoms with Crippen LogP contribution in [-0.4, -0.2) is 33.6 Å². The van der Waals surface area contributed by atoms with E-state index in [9.17, 15) is 9.90 Å². The fraction of sp³-hybridized carbons (Fsp3) is 0.174. The molecule has 7 heteroatoms. The molecule has 1 aromatic carbocycles. The molecule has 0 spiro atoms. The first-order valence-corrected chi connectivity index (χ1v) is 10.4. The van der Waals surface area contributed by atoms with Gasteiger partial charge in [-0.25, -0.2) is 9.97 Å². The van der Waals surface area contributed by atoms with E-state index < -0.39 is 0 Å². The second-order valence-electron chi connectivity index (χ2n) is 7.30. The SMILES string of the molecule is C#Cc1cc(-c2ccc3c(ccc4sc5c(c43)NC[C@@H](C)NC5=O)n2)cc(CO)n1. The second-order valence-corrected chi connectivity index (χ2v) is 8.35. The van der Waals surface area contributed by atoms with Crippen molar-refractivity contribution in [3.63, 3.8) is 0 Å². The van der Waals surface area contributed by atoms with Crippen LogP contribution in [0.15, 0.2) is 36.4 Å². The molecule has 6 nitrogen and oxygen atoms in total. The highest BCUT2D eigenvalue weighted by atomic mass is 32.1. The molecule has 0 radical (unpaired) electrons. The lowest BCUT2D eigenvalue weighted by Crippen LogP contribution is -2.34. The summed E-state index contributed by atoms with van der Waals surface area (Å²) in [6.07, 6.45) is 5.51. The van der Waals surface area contributed by atoms with E-state index in [2.05, 4.69) is 21.5 Å². The van der Waals surface area contributed by atoms with E-state index in [0.29, 0.717) is 22.8 Å². The molecule has 4 aromatic rings. The molecule has 0 fully saturated rings. The summed E-state index contributed by atoms with van der Waals surface area (Å²) in [5.74, 6) is 2.48. The minimum absolute atomic E-state index is 0.0449. The van der Waals surface area contributed by atoms with Gasteiger partial charge in [-0.2, -0.15) is 0 Å². The monoisotopic (exact) mass is 414 g/mol. The Bertz CT molecular complexity index is 1370. The van der Waals surface area contributed by atoms with Gasteiger partial charge in [-0.05, 0) is 43.3 Å². The molecule has 0 saturated heterocycles. The number of amides is 1. The number of hydrogen-bond donors (Lipinski definition) is 3. The molecular formula is C23H18N4O2S. The van der Waals surface area contributed by atoms with E-state index in [1.54, 1.807) is 12.1 Å². The number of carbonyl (C=O) groups excluding carboxylic acids is 1. The van der Waals surface area contributed by atoms with Crippen molar-refractivity contribution in [2.75, 3.05) is 11.9 Å². The van der Waals surface area contributed by atoms with Crippen LogP contribution >= 0.6 is 11.3 Å². The molecule has 148 valence electrons. The van der Waals surface area contributed by atoms with E-state index in [1.807, 2.05) is 31.2 Å². The van der Waals surface area contributed by atoms with Crippen molar-refractivity contribution in [3.05, 3.63) is 52.7 Å². The smallest absolute Gasteiger partial charge is 0.263 e. The number of aliphatic hydroxyl groups excluding tert-OH is 1. The zero-order chi connectivity index (χ0) is 20.8. The molecule has 4 heterocycles. The number of terminal acetylenes is 1. The Kier molecular flexibility index (Phi) is 4.39. The topological polar surface area (TPSA) is 87.1 Å². The molecule has 0 aliphatic carbocycles. The van der Waals surface area contributed by atoms with Crippen molar-refractivity contribution in [3.8, 4) is 23.6 Å². The molecule has 1 atom stereocenters. The number of rotatable bonds is 2. The highest BCUT2D eigenvalue weighted by Gasteiger charge is 2.24. The van der Waals surface area contributed by atoms with Gasteiger partial charge in [-0.3, -0.25) is 4.79 Å². The number of benzene rings is 1. The molecule has 5 rings (SSSR count). The Morgan fingerprint density at radius 3 is 2.93 bits per heavy atom.